The summed E-state index contributed by atoms with van der Waals surface area (Å²) < 4.78 is 0. The van der Waals surface area contributed by atoms with Crippen molar-refractivity contribution in [2.45, 2.75) is 72.9 Å². The van der Waals surface area contributed by atoms with E-state index in [9.17, 15) is 0 Å². The summed E-state index contributed by atoms with van der Waals surface area (Å²) in [6.45, 7) is 13.6. The van der Waals surface area contributed by atoms with Gasteiger partial charge in [-0.3, -0.25) is 0 Å². The highest BCUT2D eigenvalue weighted by Gasteiger charge is 2.21. The van der Waals surface area contributed by atoms with Crippen molar-refractivity contribution in [3.8, 4) is 0 Å². The largest absolute Gasteiger partial charge is 0.307 e. The monoisotopic (exact) mass is 261 g/mol. The molecule has 1 aromatic carbocycles. The zero-order valence-electron chi connectivity index (χ0n) is 13.6. The minimum absolute atomic E-state index is 0.301. The quantitative estimate of drug-likeness (QED) is 0.750. The van der Waals surface area contributed by atoms with E-state index in [0.717, 1.165) is 0 Å². The highest BCUT2D eigenvalue weighted by Crippen LogP contribution is 2.22. The molecule has 0 aliphatic carbocycles. The zero-order valence-corrected chi connectivity index (χ0v) is 13.6. The number of unbranched alkanes of at least 4 members (excludes halogenated alkanes) is 1. The standard InChI is InChI=1S/C18H31N/c1-7-8-9-16-10-12-17(13-11-16)14(2)19-15(3)18(4,5)6/h10-15,19H,7-9H2,1-6H3. The van der Waals surface area contributed by atoms with Crippen molar-refractivity contribution in [1.29, 1.82) is 0 Å². The Morgan fingerprint density at radius 3 is 2.11 bits per heavy atom. The predicted molar refractivity (Wildman–Crippen MR) is 85.5 cm³/mol. The summed E-state index contributed by atoms with van der Waals surface area (Å²) in [4.78, 5) is 0. The van der Waals surface area contributed by atoms with Crippen LogP contribution in [0.3, 0.4) is 0 Å². The van der Waals surface area contributed by atoms with Gasteiger partial charge in [0.25, 0.3) is 0 Å². The lowest BCUT2D eigenvalue weighted by Crippen LogP contribution is -2.39. The van der Waals surface area contributed by atoms with E-state index >= 15 is 0 Å². The number of hydrogen-bond donors (Lipinski definition) is 1. The molecule has 1 rings (SSSR count). The molecule has 0 aliphatic heterocycles. The van der Waals surface area contributed by atoms with E-state index < -0.39 is 0 Å². The summed E-state index contributed by atoms with van der Waals surface area (Å²) in [6, 6.07) is 10.0. The molecule has 0 spiro atoms. The van der Waals surface area contributed by atoms with Crippen LogP contribution in [0.1, 0.15) is 71.6 Å². The summed E-state index contributed by atoms with van der Waals surface area (Å²) in [5.74, 6) is 0. The average molecular weight is 261 g/mol. The fourth-order valence-corrected chi connectivity index (χ4v) is 2.08. The van der Waals surface area contributed by atoms with Gasteiger partial charge >= 0.3 is 0 Å². The lowest BCUT2D eigenvalue weighted by molar-refractivity contribution is 0.268. The third-order valence-electron chi connectivity index (χ3n) is 4.10. The Bertz CT molecular complexity index is 358. The first-order valence-electron chi connectivity index (χ1n) is 7.69. The molecule has 108 valence electrons. The van der Waals surface area contributed by atoms with Crippen LogP contribution in [0.25, 0.3) is 0 Å². The Hall–Kier alpha value is -0.820. The second-order valence-electron chi connectivity index (χ2n) is 6.82. The maximum atomic E-state index is 3.70. The third kappa shape index (κ3) is 5.36. The molecule has 19 heavy (non-hydrogen) atoms. The second-order valence-corrected chi connectivity index (χ2v) is 6.82. The lowest BCUT2D eigenvalue weighted by atomic mass is 9.87. The first-order chi connectivity index (χ1) is 8.84. The van der Waals surface area contributed by atoms with Crippen LogP contribution in [-0.2, 0) is 6.42 Å². The van der Waals surface area contributed by atoms with Crippen LogP contribution in [0, 0.1) is 5.41 Å². The molecule has 0 saturated carbocycles. The molecular weight excluding hydrogens is 230 g/mol. The Morgan fingerprint density at radius 1 is 1.05 bits per heavy atom. The van der Waals surface area contributed by atoms with Crippen LogP contribution in [0.2, 0.25) is 0 Å². The van der Waals surface area contributed by atoms with Gasteiger partial charge in [-0.05, 0) is 43.2 Å². The summed E-state index contributed by atoms with van der Waals surface area (Å²) in [7, 11) is 0. The Balaban J connectivity index is 2.60. The minimum Gasteiger partial charge on any atom is -0.307 e. The summed E-state index contributed by atoms with van der Waals surface area (Å²) in [6.07, 6.45) is 3.76. The molecule has 0 aliphatic rings. The second kappa shape index (κ2) is 7.09. The third-order valence-corrected chi connectivity index (χ3v) is 4.10. The van der Waals surface area contributed by atoms with Crippen molar-refractivity contribution < 1.29 is 0 Å². The Labute approximate surface area is 119 Å². The maximum absolute atomic E-state index is 3.70. The van der Waals surface area contributed by atoms with E-state index in [4.69, 9.17) is 0 Å². The molecule has 0 amide bonds. The number of nitrogens with one attached hydrogen (secondary N) is 1. The van der Waals surface area contributed by atoms with Gasteiger partial charge < -0.3 is 5.32 Å². The summed E-state index contributed by atoms with van der Waals surface area (Å²) in [5.41, 5.74) is 3.15. The topological polar surface area (TPSA) is 12.0 Å². The molecule has 2 unspecified atom stereocenters. The van der Waals surface area contributed by atoms with Gasteiger partial charge in [0.15, 0.2) is 0 Å². The molecule has 0 saturated heterocycles. The Morgan fingerprint density at radius 2 is 1.63 bits per heavy atom. The highest BCUT2D eigenvalue weighted by atomic mass is 15.0. The molecule has 2 atom stereocenters. The van der Waals surface area contributed by atoms with Gasteiger partial charge in [0.1, 0.15) is 0 Å². The van der Waals surface area contributed by atoms with Crippen LogP contribution in [0.5, 0.6) is 0 Å². The first-order valence-corrected chi connectivity index (χ1v) is 7.69. The molecule has 0 heterocycles. The fourth-order valence-electron chi connectivity index (χ4n) is 2.08. The van der Waals surface area contributed by atoms with Crippen molar-refractivity contribution in [3.63, 3.8) is 0 Å². The van der Waals surface area contributed by atoms with Crippen molar-refractivity contribution >= 4 is 0 Å². The van der Waals surface area contributed by atoms with Gasteiger partial charge in [0.05, 0.1) is 0 Å². The molecule has 1 N–H and O–H groups in total. The zero-order chi connectivity index (χ0) is 14.5. The lowest BCUT2D eigenvalue weighted by Gasteiger charge is -2.31. The van der Waals surface area contributed by atoms with Crippen molar-refractivity contribution in [3.05, 3.63) is 35.4 Å². The van der Waals surface area contributed by atoms with E-state index in [-0.39, 0.29) is 0 Å². The summed E-state index contributed by atoms with van der Waals surface area (Å²) in [5, 5.41) is 3.70. The van der Waals surface area contributed by atoms with Gasteiger partial charge in [-0.15, -0.1) is 0 Å². The van der Waals surface area contributed by atoms with Gasteiger partial charge in [0.2, 0.25) is 0 Å². The predicted octanol–water partition coefficient (Wildman–Crippen LogP) is 5.11. The molecule has 1 heteroatoms. The van der Waals surface area contributed by atoms with Gasteiger partial charge in [-0.1, -0.05) is 58.4 Å². The Kier molecular flexibility index (Phi) is 6.06. The van der Waals surface area contributed by atoms with E-state index in [1.807, 2.05) is 0 Å². The number of rotatable bonds is 6. The molecule has 0 fully saturated rings. The maximum Gasteiger partial charge on any atom is 0.0294 e. The number of hydrogen-bond acceptors (Lipinski definition) is 1. The average Bonchev–Trinajstić information content (AvgIpc) is 2.35. The van der Waals surface area contributed by atoms with E-state index in [2.05, 4.69) is 71.1 Å². The fraction of sp³-hybridized carbons (Fsp3) is 0.667. The van der Waals surface area contributed by atoms with Crippen LogP contribution in [-0.4, -0.2) is 6.04 Å². The van der Waals surface area contributed by atoms with Crippen molar-refractivity contribution in [1.82, 2.24) is 5.32 Å². The number of aryl methyl sites for hydroxylation is 1. The minimum atomic E-state index is 0.301. The van der Waals surface area contributed by atoms with Crippen LogP contribution in [0.15, 0.2) is 24.3 Å². The molecule has 0 bridgehead atoms. The smallest absolute Gasteiger partial charge is 0.0294 e. The number of benzene rings is 1. The van der Waals surface area contributed by atoms with Gasteiger partial charge in [0, 0.05) is 12.1 Å². The molecule has 1 aromatic rings. The van der Waals surface area contributed by atoms with E-state index in [1.54, 1.807) is 0 Å². The van der Waals surface area contributed by atoms with Crippen LogP contribution in [0.4, 0.5) is 0 Å². The van der Waals surface area contributed by atoms with Crippen molar-refractivity contribution in [2.75, 3.05) is 0 Å². The normalized spacial score (nSPS) is 15.3. The highest BCUT2D eigenvalue weighted by molar-refractivity contribution is 5.25. The van der Waals surface area contributed by atoms with E-state index in [1.165, 1.54) is 30.4 Å². The molecule has 1 nitrogen and oxygen atoms in total. The van der Waals surface area contributed by atoms with Crippen LogP contribution < -0.4 is 5.32 Å². The first kappa shape index (κ1) is 16.2. The molecular formula is C18H31N. The summed E-state index contributed by atoms with van der Waals surface area (Å²) >= 11 is 0. The SMILES string of the molecule is CCCCc1ccc(C(C)NC(C)C(C)(C)C)cc1. The molecule has 0 aromatic heterocycles. The van der Waals surface area contributed by atoms with Crippen LogP contribution >= 0.6 is 0 Å². The molecule has 0 radical (unpaired) electrons. The van der Waals surface area contributed by atoms with Crippen molar-refractivity contribution in [2.24, 2.45) is 5.41 Å². The van der Waals surface area contributed by atoms with E-state index in [0.29, 0.717) is 17.5 Å². The van der Waals surface area contributed by atoms with Gasteiger partial charge in [-0.25, -0.2) is 0 Å². The van der Waals surface area contributed by atoms with Gasteiger partial charge in [-0.2, -0.15) is 0 Å².